The number of aromatic nitrogens is 3. The van der Waals surface area contributed by atoms with Crippen LogP contribution in [0.5, 0.6) is 5.75 Å². The highest BCUT2D eigenvalue weighted by atomic mass is 19.1. The van der Waals surface area contributed by atoms with Crippen LogP contribution in [0.15, 0.2) is 96.7 Å². The fourth-order valence-electron chi connectivity index (χ4n) is 6.18. The fourth-order valence-corrected chi connectivity index (χ4v) is 6.18. The summed E-state index contributed by atoms with van der Waals surface area (Å²) in [6.45, 7) is 3.83. The topological polar surface area (TPSA) is 101 Å². The van der Waals surface area contributed by atoms with E-state index in [1.54, 1.807) is 22.7 Å². The van der Waals surface area contributed by atoms with E-state index in [1.807, 2.05) is 66.6 Å². The molecular formula is C39H39FN6O3. The molecule has 0 bridgehead atoms. The lowest BCUT2D eigenvalue weighted by Crippen LogP contribution is -2.32. The molecule has 0 atom stereocenters. The second-order valence-corrected chi connectivity index (χ2v) is 12.7. The van der Waals surface area contributed by atoms with E-state index >= 15 is 0 Å². The van der Waals surface area contributed by atoms with E-state index in [0.717, 1.165) is 48.5 Å². The number of amides is 2. The number of ether oxygens (including phenoxy) is 1. The third kappa shape index (κ3) is 7.97. The Kier molecular flexibility index (Phi) is 9.36. The van der Waals surface area contributed by atoms with Crippen molar-refractivity contribution in [1.82, 2.24) is 19.5 Å². The zero-order valence-corrected chi connectivity index (χ0v) is 27.5. The molecule has 2 aromatic heterocycles. The van der Waals surface area contributed by atoms with Crippen molar-refractivity contribution in [3.8, 4) is 16.9 Å². The molecule has 2 N–H and O–H groups in total. The Morgan fingerprint density at radius 3 is 2.53 bits per heavy atom. The van der Waals surface area contributed by atoms with E-state index in [1.165, 1.54) is 37.0 Å². The summed E-state index contributed by atoms with van der Waals surface area (Å²) in [7, 11) is 0. The summed E-state index contributed by atoms with van der Waals surface area (Å²) in [4.78, 5) is 32.6. The van der Waals surface area contributed by atoms with Crippen molar-refractivity contribution in [2.45, 2.75) is 45.4 Å². The molecule has 0 unspecified atom stereocenters. The second-order valence-electron chi connectivity index (χ2n) is 12.7. The Morgan fingerprint density at radius 2 is 1.76 bits per heavy atom. The molecule has 1 aliphatic carbocycles. The number of pyridine rings is 1. The summed E-state index contributed by atoms with van der Waals surface area (Å²) in [6.07, 6.45) is 10.1. The zero-order chi connectivity index (χ0) is 33.7. The lowest BCUT2D eigenvalue weighted by molar-refractivity contribution is -0.115. The van der Waals surface area contributed by atoms with Gasteiger partial charge in [0.05, 0.1) is 18.7 Å². The summed E-state index contributed by atoms with van der Waals surface area (Å²) < 4.78 is 20.8. The van der Waals surface area contributed by atoms with Gasteiger partial charge in [0, 0.05) is 36.1 Å². The van der Waals surface area contributed by atoms with Gasteiger partial charge in [-0.05, 0) is 111 Å². The maximum atomic E-state index is 13.5. The molecule has 0 radical (unpaired) electrons. The van der Waals surface area contributed by atoms with E-state index in [-0.39, 0.29) is 24.1 Å². The first-order valence-electron chi connectivity index (χ1n) is 16.9. The minimum Gasteiger partial charge on any atom is -0.492 e. The van der Waals surface area contributed by atoms with E-state index in [4.69, 9.17) is 4.74 Å². The van der Waals surface area contributed by atoms with E-state index in [0.29, 0.717) is 40.9 Å². The molecule has 2 aliphatic rings. The van der Waals surface area contributed by atoms with Crippen molar-refractivity contribution >= 4 is 34.8 Å². The Morgan fingerprint density at radius 1 is 0.959 bits per heavy atom. The first kappa shape index (κ1) is 32.1. The van der Waals surface area contributed by atoms with Crippen LogP contribution in [-0.4, -0.2) is 51.0 Å². The Balaban J connectivity index is 1.00. The highest BCUT2D eigenvalue weighted by molar-refractivity contribution is 5.95. The van der Waals surface area contributed by atoms with Gasteiger partial charge < -0.3 is 20.3 Å². The lowest BCUT2D eigenvalue weighted by Gasteiger charge is -2.21. The van der Waals surface area contributed by atoms with Crippen LogP contribution < -0.4 is 15.4 Å². The quantitative estimate of drug-likeness (QED) is 0.140. The Hall–Kier alpha value is -5.51. The molecule has 49 heavy (non-hydrogen) atoms. The predicted octanol–water partition coefficient (Wildman–Crippen LogP) is 7.82. The molecule has 2 amide bonds. The first-order valence-corrected chi connectivity index (χ1v) is 16.9. The summed E-state index contributed by atoms with van der Waals surface area (Å²) in [5.41, 5.74) is 6.72. The minimum atomic E-state index is -0.329. The van der Waals surface area contributed by atoms with E-state index in [2.05, 4.69) is 26.8 Å². The SMILES string of the molecule is CCOc1cc(C(=O)N2CCC=C(CC3CC3)CC2)ccc1Nc1nc2ccc(-c3ccc(NC(=O)Cc4ccc(F)cc4)cc3)cn2n1. The van der Waals surface area contributed by atoms with Gasteiger partial charge in [0.15, 0.2) is 5.65 Å². The van der Waals surface area contributed by atoms with Crippen LogP contribution in [0.3, 0.4) is 0 Å². The van der Waals surface area contributed by atoms with Gasteiger partial charge in [-0.3, -0.25) is 9.59 Å². The van der Waals surface area contributed by atoms with Crippen molar-refractivity contribution in [2.75, 3.05) is 30.3 Å². The number of anilines is 3. The molecule has 1 saturated carbocycles. The standard InChI is InChI=1S/C39H39FN6O3/c1-2-49-35-24-30(38(48)45-20-3-4-26(19-21-45)22-27-5-6-27)11-17-34(35)42-39-43-36-18-12-31(25-46(36)44-39)29-9-15-33(16-10-29)41-37(47)23-28-7-13-32(40)14-8-28/h4,7-18,24-25,27H,2-3,5-6,19-23H2,1H3,(H,41,47)(H,42,44). The maximum absolute atomic E-state index is 13.5. The number of halogens is 1. The number of rotatable bonds is 11. The monoisotopic (exact) mass is 658 g/mol. The average Bonchev–Trinajstić information content (AvgIpc) is 3.88. The van der Waals surface area contributed by atoms with Gasteiger partial charge in [0.2, 0.25) is 11.9 Å². The van der Waals surface area contributed by atoms with E-state index in [9.17, 15) is 14.0 Å². The molecule has 0 spiro atoms. The Bertz CT molecular complexity index is 2000. The molecule has 1 aliphatic heterocycles. The number of nitrogens with one attached hydrogen (secondary N) is 2. The highest BCUT2D eigenvalue weighted by Gasteiger charge is 2.25. The van der Waals surface area contributed by atoms with Gasteiger partial charge in [-0.15, -0.1) is 5.10 Å². The third-order valence-corrected chi connectivity index (χ3v) is 8.96. The van der Waals surface area contributed by atoms with E-state index < -0.39 is 0 Å². The van der Waals surface area contributed by atoms with Crippen molar-refractivity contribution < 1.29 is 18.7 Å². The Labute approximate surface area is 284 Å². The number of benzene rings is 3. The van der Waals surface area contributed by atoms with Crippen LogP contribution in [0.4, 0.5) is 21.7 Å². The van der Waals surface area contributed by atoms with Crippen LogP contribution >= 0.6 is 0 Å². The highest BCUT2D eigenvalue weighted by Crippen LogP contribution is 2.37. The van der Waals surface area contributed by atoms with Crippen LogP contribution in [0.2, 0.25) is 0 Å². The molecule has 3 aromatic carbocycles. The third-order valence-electron chi connectivity index (χ3n) is 8.96. The predicted molar refractivity (Wildman–Crippen MR) is 189 cm³/mol. The van der Waals surface area contributed by atoms with Crippen LogP contribution in [-0.2, 0) is 11.2 Å². The number of carbonyl (C=O) groups excluding carboxylic acids is 2. The number of hydrogen-bond donors (Lipinski definition) is 2. The summed E-state index contributed by atoms with van der Waals surface area (Å²) >= 11 is 0. The number of fused-ring (bicyclic) bond motifs is 1. The van der Waals surface area contributed by atoms with Crippen LogP contribution in [0, 0.1) is 11.7 Å². The summed E-state index contributed by atoms with van der Waals surface area (Å²) in [5, 5.41) is 10.8. The van der Waals surface area contributed by atoms with Gasteiger partial charge in [0.25, 0.3) is 5.91 Å². The molecule has 7 rings (SSSR count). The van der Waals surface area contributed by atoms with Gasteiger partial charge >= 0.3 is 0 Å². The zero-order valence-electron chi connectivity index (χ0n) is 27.5. The van der Waals surface area contributed by atoms with Crippen molar-refractivity contribution in [2.24, 2.45) is 5.92 Å². The average molecular weight is 659 g/mol. The smallest absolute Gasteiger partial charge is 0.254 e. The van der Waals surface area contributed by atoms with Crippen molar-refractivity contribution in [3.63, 3.8) is 0 Å². The fraction of sp³-hybridized carbons (Fsp3) is 0.282. The second kappa shape index (κ2) is 14.3. The molecule has 3 heterocycles. The molecule has 10 heteroatoms. The molecule has 0 saturated heterocycles. The minimum absolute atomic E-state index is 0.0207. The van der Waals surface area contributed by atoms with Crippen LogP contribution in [0.1, 0.15) is 54.9 Å². The van der Waals surface area contributed by atoms with Crippen molar-refractivity contribution in [3.05, 3.63) is 114 Å². The van der Waals surface area contributed by atoms with Gasteiger partial charge in [-0.1, -0.05) is 35.9 Å². The molecule has 5 aromatic rings. The molecule has 9 nitrogen and oxygen atoms in total. The number of nitrogens with zero attached hydrogens (tertiary/aromatic N) is 4. The summed E-state index contributed by atoms with van der Waals surface area (Å²) in [6, 6.07) is 22.8. The first-order chi connectivity index (χ1) is 23.9. The van der Waals surface area contributed by atoms with Crippen LogP contribution in [0.25, 0.3) is 16.8 Å². The van der Waals surface area contributed by atoms with Crippen molar-refractivity contribution in [1.29, 1.82) is 0 Å². The molecular weight excluding hydrogens is 619 g/mol. The summed E-state index contributed by atoms with van der Waals surface area (Å²) in [5.74, 6) is 1.34. The molecule has 250 valence electrons. The number of hydrogen-bond acceptors (Lipinski definition) is 6. The lowest BCUT2D eigenvalue weighted by atomic mass is 10.1. The number of carbonyl (C=O) groups is 2. The van der Waals surface area contributed by atoms with Gasteiger partial charge in [0.1, 0.15) is 11.6 Å². The maximum Gasteiger partial charge on any atom is 0.254 e. The van der Waals surface area contributed by atoms with Gasteiger partial charge in [-0.25, -0.2) is 8.91 Å². The van der Waals surface area contributed by atoms with Gasteiger partial charge in [-0.2, -0.15) is 4.98 Å². The largest absolute Gasteiger partial charge is 0.492 e. The molecule has 1 fully saturated rings. The normalized spacial score (nSPS) is 14.7.